The summed E-state index contributed by atoms with van der Waals surface area (Å²) < 4.78 is 26.4. The van der Waals surface area contributed by atoms with Gasteiger partial charge in [-0.25, -0.2) is 0 Å². The molecule has 0 amide bonds. The van der Waals surface area contributed by atoms with E-state index in [1.165, 1.54) is 0 Å². The molecule has 0 aliphatic carbocycles. The van der Waals surface area contributed by atoms with Gasteiger partial charge in [0.1, 0.15) is 4.66 Å². The molecule has 0 atom stereocenters. The van der Waals surface area contributed by atoms with E-state index in [2.05, 4.69) is 15.9 Å². The molecule has 0 bridgehead atoms. The van der Waals surface area contributed by atoms with Crippen LogP contribution in [0.2, 0.25) is 0 Å². The Morgan fingerprint density at radius 3 is 1.86 bits per heavy atom. The minimum atomic E-state index is -3.75. The molecule has 0 aromatic heterocycles. The van der Waals surface area contributed by atoms with Crippen LogP contribution in [-0.2, 0) is 10.1 Å². The molecule has 0 saturated heterocycles. The monoisotopic (exact) mass is 214 g/mol. The molecule has 0 radical (unpaired) electrons. The van der Waals surface area contributed by atoms with Crippen molar-refractivity contribution in [1.82, 2.24) is 0 Å². The Morgan fingerprint density at radius 2 is 1.86 bits per heavy atom. The number of hydrogen-bond donors (Lipinski definition) is 1. The molecule has 0 aromatic carbocycles. The minimum Gasteiger partial charge on any atom is -1.00 e. The van der Waals surface area contributed by atoms with Crippen LogP contribution < -0.4 is 51.4 Å². The van der Waals surface area contributed by atoms with Crippen LogP contribution in [0, 0.1) is 0 Å². The molecule has 0 unspecified atom stereocenters. The Balaban J connectivity index is -0.000000125. The zero-order chi connectivity index (χ0) is 5.21. The van der Waals surface area contributed by atoms with Crippen LogP contribution in [0.15, 0.2) is 0 Å². The smallest absolute Gasteiger partial charge is 1.00 e. The van der Waals surface area contributed by atoms with Gasteiger partial charge in [-0.15, -0.1) is 0 Å². The van der Waals surface area contributed by atoms with Gasteiger partial charge in [-0.2, -0.15) is 8.42 Å². The summed E-state index contributed by atoms with van der Waals surface area (Å²) >= 11 is 2.53. The summed E-state index contributed by atoms with van der Waals surface area (Å²) in [5.74, 6) is 0. The maximum absolute atomic E-state index is 9.51. The van der Waals surface area contributed by atoms with E-state index in [1.807, 2.05) is 0 Å². The number of alkyl halides is 1. The molecule has 3 nitrogen and oxygen atoms in total. The molecule has 40 valence electrons. The molecule has 6 heteroatoms. The van der Waals surface area contributed by atoms with Crippen LogP contribution in [-0.4, -0.2) is 17.6 Å². The van der Waals surface area contributed by atoms with Gasteiger partial charge in [0.2, 0.25) is 0 Å². The Kier molecular flexibility index (Phi) is 8.18. The van der Waals surface area contributed by atoms with Gasteiger partial charge in [-0.3, -0.25) is 4.55 Å². The van der Waals surface area contributed by atoms with Crippen molar-refractivity contribution >= 4 is 26.0 Å². The molecule has 0 aromatic rings. The van der Waals surface area contributed by atoms with Gasteiger partial charge in [0.15, 0.2) is 0 Å². The molecule has 0 aliphatic heterocycles. The van der Waals surface area contributed by atoms with Crippen molar-refractivity contribution in [3.8, 4) is 0 Å². The summed E-state index contributed by atoms with van der Waals surface area (Å²) in [4.78, 5) is 0. The second-order valence-electron chi connectivity index (χ2n) is 0.691. The second kappa shape index (κ2) is 4.86. The van der Waals surface area contributed by atoms with Crippen LogP contribution in [0.25, 0.3) is 0 Å². The average molecular weight is 215 g/mol. The quantitative estimate of drug-likeness (QED) is 0.295. The van der Waals surface area contributed by atoms with Gasteiger partial charge < -0.3 is 1.43 Å². The van der Waals surface area contributed by atoms with Crippen molar-refractivity contribution in [2.75, 3.05) is 4.66 Å². The zero-order valence-corrected chi connectivity index (χ0v) is 9.28. The predicted octanol–water partition coefficient (Wildman–Crippen LogP) is -2.66. The topological polar surface area (TPSA) is 54.4 Å². The van der Waals surface area contributed by atoms with Gasteiger partial charge >= 0.3 is 51.4 Å². The van der Waals surface area contributed by atoms with Crippen molar-refractivity contribution in [2.24, 2.45) is 0 Å². The third-order valence-electron chi connectivity index (χ3n) is 0.138. The van der Waals surface area contributed by atoms with Crippen LogP contribution in [0.1, 0.15) is 1.43 Å². The number of halogens is 1. The van der Waals surface area contributed by atoms with Crippen molar-refractivity contribution in [1.29, 1.82) is 0 Å². The molecule has 0 rings (SSSR count). The summed E-state index contributed by atoms with van der Waals surface area (Å²) in [7, 11) is -3.75. The summed E-state index contributed by atoms with van der Waals surface area (Å²) in [5, 5.41) is 0. The Bertz CT molecular complexity index is 121. The average Bonchev–Trinajstić information content (AvgIpc) is 1.35. The second-order valence-corrected chi connectivity index (χ2v) is 3.45. The first-order chi connectivity index (χ1) is 2.56. The normalized spacial score (nSPS) is 10.0. The fourth-order valence-electron chi connectivity index (χ4n) is 0. The van der Waals surface area contributed by atoms with Crippen LogP contribution >= 0.6 is 15.9 Å². The molecular formula is CH4BrKO3S. The van der Waals surface area contributed by atoms with Crippen LogP contribution in [0.3, 0.4) is 0 Å². The fraction of sp³-hybridized carbons (Fsp3) is 1.00. The van der Waals surface area contributed by atoms with Crippen LogP contribution in [0.4, 0.5) is 0 Å². The molecule has 1 N–H and O–H groups in total. The standard InChI is InChI=1S/CH3BrO3S.K.H/c2-1-6(3,4)5;;/h1H2,(H,3,4,5);;/q;+1;-1. The third kappa shape index (κ3) is 11.5. The van der Waals surface area contributed by atoms with E-state index in [0.717, 1.165) is 0 Å². The van der Waals surface area contributed by atoms with E-state index in [-0.39, 0.29) is 57.5 Å². The van der Waals surface area contributed by atoms with Crippen molar-refractivity contribution < 1.29 is 65.8 Å². The van der Waals surface area contributed by atoms with Gasteiger partial charge in [0.05, 0.1) is 0 Å². The summed E-state index contributed by atoms with van der Waals surface area (Å²) in [6.07, 6.45) is 0. The number of rotatable bonds is 1. The molecular weight excluding hydrogens is 211 g/mol. The van der Waals surface area contributed by atoms with Crippen molar-refractivity contribution in [2.45, 2.75) is 0 Å². The van der Waals surface area contributed by atoms with E-state index >= 15 is 0 Å². The maximum Gasteiger partial charge on any atom is 1.00 e. The SMILES string of the molecule is O=S(=O)(O)CBr.[H-].[K+]. The van der Waals surface area contributed by atoms with E-state index in [4.69, 9.17) is 4.55 Å². The van der Waals surface area contributed by atoms with Crippen molar-refractivity contribution in [3.63, 3.8) is 0 Å². The van der Waals surface area contributed by atoms with E-state index in [9.17, 15) is 8.42 Å². The van der Waals surface area contributed by atoms with Gasteiger partial charge in [-0.05, 0) is 0 Å². The largest absolute Gasteiger partial charge is 1.00 e. The van der Waals surface area contributed by atoms with Gasteiger partial charge in [-0.1, -0.05) is 15.9 Å². The number of hydrogen-bond acceptors (Lipinski definition) is 2. The zero-order valence-electron chi connectivity index (χ0n) is 4.76. The molecule has 0 aliphatic rings. The Labute approximate surface area is 94.6 Å². The first kappa shape index (κ1) is 11.8. The molecule has 0 heterocycles. The molecule has 0 fully saturated rings. The predicted molar refractivity (Wildman–Crippen MR) is 26.5 cm³/mol. The molecule has 0 saturated carbocycles. The van der Waals surface area contributed by atoms with Gasteiger partial charge in [0.25, 0.3) is 10.1 Å². The molecule has 7 heavy (non-hydrogen) atoms. The van der Waals surface area contributed by atoms with E-state index < -0.39 is 10.1 Å². The van der Waals surface area contributed by atoms with Crippen molar-refractivity contribution in [3.05, 3.63) is 0 Å². The van der Waals surface area contributed by atoms with E-state index in [0.29, 0.717) is 0 Å². The third-order valence-corrected chi connectivity index (χ3v) is 2.15. The minimum absolute atomic E-state index is 0. The first-order valence-corrected chi connectivity index (χ1v) is 3.80. The van der Waals surface area contributed by atoms with E-state index in [1.54, 1.807) is 0 Å². The molecule has 0 spiro atoms. The summed E-state index contributed by atoms with van der Waals surface area (Å²) in [6.45, 7) is 0. The van der Waals surface area contributed by atoms with Crippen LogP contribution in [0.5, 0.6) is 0 Å². The Hall–Kier alpha value is 2.03. The summed E-state index contributed by atoms with van der Waals surface area (Å²) in [5.41, 5.74) is 0. The Morgan fingerprint density at radius 1 is 1.71 bits per heavy atom. The van der Waals surface area contributed by atoms with Gasteiger partial charge in [0, 0.05) is 0 Å². The first-order valence-electron chi connectivity index (χ1n) is 1.07. The summed E-state index contributed by atoms with van der Waals surface area (Å²) in [6, 6.07) is 0. The fourth-order valence-corrected chi connectivity index (χ4v) is 0. The maximum atomic E-state index is 9.51.